The molecule has 0 unspecified atom stereocenters. The molecule has 0 aliphatic carbocycles. The highest BCUT2D eigenvalue weighted by Gasteiger charge is 2.09. The van der Waals surface area contributed by atoms with Crippen molar-refractivity contribution < 1.29 is 0 Å². The number of para-hydroxylation sites is 1. The van der Waals surface area contributed by atoms with E-state index in [9.17, 15) is 0 Å². The Morgan fingerprint density at radius 1 is 0.895 bits per heavy atom. The van der Waals surface area contributed by atoms with Crippen LogP contribution in [0.3, 0.4) is 0 Å². The molecule has 3 nitrogen and oxygen atoms in total. The average molecular weight is 255 g/mol. The Hall–Kier alpha value is -2.16. The number of hydrogen-bond acceptors (Lipinski definition) is 3. The summed E-state index contributed by atoms with van der Waals surface area (Å²) in [5, 5.41) is 0. The van der Waals surface area contributed by atoms with Crippen LogP contribution in [-0.2, 0) is 0 Å². The summed E-state index contributed by atoms with van der Waals surface area (Å²) < 4.78 is 0. The number of unbranched alkanes of at least 4 members (excludes halogenated alkanes) is 1. The van der Waals surface area contributed by atoms with E-state index in [-0.39, 0.29) is 0 Å². The van der Waals surface area contributed by atoms with Crippen LogP contribution in [0.1, 0.15) is 19.8 Å². The highest BCUT2D eigenvalue weighted by Crippen LogP contribution is 2.29. The number of anilines is 4. The molecule has 0 saturated carbocycles. The quantitative estimate of drug-likeness (QED) is 0.799. The van der Waals surface area contributed by atoms with Crippen molar-refractivity contribution in [2.75, 3.05) is 22.9 Å². The van der Waals surface area contributed by atoms with E-state index in [4.69, 9.17) is 11.5 Å². The van der Waals surface area contributed by atoms with Gasteiger partial charge in [0.2, 0.25) is 0 Å². The molecule has 0 aliphatic rings. The van der Waals surface area contributed by atoms with Gasteiger partial charge in [0.05, 0.1) is 11.4 Å². The van der Waals surface area contributed by atoms with Gasteiger partial charge in [-0.1, -0.05) is 31.5 Å². The van der Waals surface area contributed by atoms with Crippen LogP contribution in [0.4, 0.5) is 22.7 Å². The number of rotatable bonds is 5. The third-order valence-electron chi connectivity index (χ3n) is 3.19. The van der Waals surface area contributed by atoms with Crippen molar-refractivity contribution in [3.05, 3.63) is 48.5 Å². The highest BCUT2D eigenvalue weighted by molar-refractivity contribution is 5.73. The van der Waals surface area contributed by atoms with E-state index in [1.54, 1.807) is 0 Å². The summed E-state index contributed by atoms with van der Waals surface area (Å²) in [5.41, 5.74) is 15.2. The lowest BCUT2D eigenvalue weighted by molar-refractivity contribution is 0.786. The first-order valence-electron chi connectivity index (χ1n) is 6.70. The molecule has 0 bridgehead atoms. The zero-order valence-corrected chi connectivity index (χ0v) is 11.3. The molecule has 2 rings (SSSR count). The van der Waals surface area contributed by atoms with Crippen LogP contribution in [-0.4, -0.2) is 6.54 Å². The van der Waals surface area contributed by atoms with E-state index in [0.29, 0.717) is 11.4 Å². The Morgan fingerprint density at radius 3 is 2.26 bits per heavy atom. The van der Waals surface area contributed by atoms with Gasteiger partial charge in [-0.3, -0.25) is 0 Å². The lowest BCUT2D eigenvalue weighted by atomic mass is 10.2. The van der Waals surface area contributed by atoms with E-state index in [0.717, 1.165) is 25.1 Å². The fourth-order valence-electron chi connectivity index (χ4n) is 2.06. The Labute approximate surface area is 114 Å². The molecule has 0 radical (unpaired) electrons. The zero-order chi connectivity index (χ0) is 13.7. The molecular formula is C16H21N3. The molecule has 3 heteroatoms. The van der Waals surface area contributed by atoms with Crippen molar-refractivity contribution in [1.82, 2.24) is 0 Å². The van der Waals surface area contributed by atoms with Crippen LogP contribution < -0.4 is 16.4 Å². The minimum atomic E-state index is 0.632. The van der Waals surface area contributed by atoms with Crippen molar-refractivity contribution in [3.63, 3.8) is 0 Å². The molecule has 0 aliphatic heterocycles. The Bertz CT molecular complexity index is 523. The molecule has 0 fully saturated rings. The van der Waals surface area contributed by atoms with Gasteiger partial charge in [-0.25, -0.2) is 0 Å². The summed E-state index contributed by atoms with van der Waals surface area (Å²) >= 11 is 0. The van der Waals surface area contributed by atoms with Gasteiger partial charge in [0.15, 0.2) is 0 Å². The van der Waals surface area contributed by atoms with E-state index >= 15 is 0 Å². The maximum atomic E-state index is 5.91. The van der Waals surface area contributed by atoms with Crippen LogP contribution in [0, 0.1) is 0 Å². The van der Waals surface area contributed by atoms with Crippen LogP contribution in [0.5, 0.6) is 0 Å². The molecule has 0 spiro atoms. The van der Waals surface area contributed by atoms with Gasteiger partial charge in [0.1, 0.15) is 0 Å². The molecule has 0 heterocycles. The molecule has 19 heavy (non-hydrogen) atoms. The Morgan fingerprint density at radius 2 is 1.63 bits per heavy atom. The summed E-state index contributed by atoms with van der Waals surface area (Å²) in [6.07, 6.45) is 2.30. The third-order valence-corrected chi connectivity index (χ3v) is 3.19. The first-order chi connectivity index (χ1) is 9.22. The third kappa shape index (κ3) is 3.19. The second-order valence-electron chi connectivity index (χ2n) is 4.65. The van der Waals surface area contributed by atoms with Crippen LogP contribution in [0.25, 0.3) is 0 Å². The molecule has 0 amide bonds. The second-order valence-corrected chi connectivity index (χ2v) is 4.65. The van der Waals surface area contributed by atoms with Crippen LogP contribution >= 0.6 is 0 Å². The minimum Gasteiger partial charge on any atom is -0.397 e. The lowest BCUT2D eigenvalue weighted by Gasteiger charge is -2.25. The summed E-state index contributed by atoms with van der Waals surface area (Å²) in [6, 6.07) is 16.2. The summed E-state index contributed by atoms with van der Waals surface area (Å²) in [7, 11) is 0. The first-order valence-corrected chi connectivity index (χ1v) is 6.70. The van der Waals surface area contributed by atoms with Crippen LogP contribution in [0.2, 0.25) is 0 Å². The minimum absolute atomic E-state index is 0.632. The fourth-order valence-corrected chi connectivity index (χ4v) is 2.06. The summed E-state index contributed by atoms with van der Waals surface area (Å²) in [5.74, 6) is 0. The standard InChI is InChI=1S/C16H21N3/c1-2-3-11-19(13-7-5-4-6-8-13)14-9-10-15(17)16(18)12-14/h4-10,12H,2-3,11,17-18H2,1H3. The number of benzene rings is 2. The van der Waals surface area contributed by atoms with Gasteiger partial charge in [-0.05, 0) is 36.8 Å². The topological polar surface area (TPSA) is 55.3 Å². The Balaban J connectivity index is 2.34. The number of nitrogen functional groups attached to an aromatic ring is 2. The molecule has 0 atom stereocenters. The molecule has 4 N–H and O–H groups in total. The smallest absolute Gasteiger partial charge is 0.0568 e. The van der Waals surface area contributed by atoms with Gasteiger partial charge in [0, 0.05) is 17.9 Å². The number of nitrogens with zero attached hydrogens (tertiary/aromatic N) is 1. The van der Waals surface area contributed by atoms with Crippen molar-refractivity contribution in [3.8, 4) is 0 Å². The van der Waals surface area contributed by atoms with Gasteiger partial charge < -0.3 is 16.4 Å². The highest BCUT2D eigenvalue weighted by atomic mass is 15.1. The summed E-state index contributed by atoms with van der Waals surface area (Å²) in [4.78, 5) is 2.28. The maximum Gasteiger partial charge on any atom is 0.0568 e. The van der Waals surface area contributed by atoms with E-state index < -0.39 is 0 Å². The van der Waals surface area contributed by atoms with Gasteiger partial charge in [-0.2, -0.15) is 0 Å². The fraction of sp³-hybridized carbons (Fsp3) is 0.250. The van der Waals surface area contributed by atoms with E-state index in [1.807, 2.05) is 24.3 Å². The van der Waals surface area contributed by atoms with E-state index in [2.05, 4.69) is 36.1 Å². The molecule has 2 aromatic rings. The Kier molecular flexibility index (Phi) is 4.29. The molecule has 0 saturated heterocycles. The van der Waals surface area contributed by atoms with Gasteiger partial charge in [-0.15, -0.1) is 0 Å². The number of nitrogens with two attached hydrogens (primary N) is 2. The second kappa shape index (κ2) is 6.14. The normalized spacial score (nSPS) is 10.4. The van der Waals surface area contributed by atoms with Crippen molar-refractivity contribution in [2.24, 2.45) is 0 Å². The van der Waals surface area contributed by atoms with Gasteiger partial charge >= 0.3 is 0 Å². The molecule has 100 valence electrons. The number of hydrogen-bond donors (Lipinski definition) is 2. The van der Waals surface area contributed by atoms with Crippen molar-refractivity contribution >= 4 is 22.7 Å². The summed E-state index contributed by atoms with van der Waals surface area (Å²) in [6.45, 7) is 3.17. The van der Waals surface area contributed by atoms with Crippen molar-refractivity contribution in [2.45, 2.75) is 19.8 Å². The van der Waals surface area contributed by atoms with Crippen LogP contribution in [0.15, 0.2) is 48.5 Å². The molecular weight excluding hydrogens is 234 g/mol. The molecule has 0 aromatic heterocycles. The SMILES string of the molecule is CCCCN(c1ccccc1)c1ccc(N)c(N)c1. The van der Waals surface area contributed by atoms with E-state index in [1.165, 1.54) is 5.69 Å². The lowest BCUT2D eigenvalue weighted by Crippen LogP contribution is -2.18. The van der Waals surface area contributed by atoms with Crippen molar-refractivity contribution in [1.29, 1.82) is 0 Å². The maximum absolute atomic E-state index is 5.91. The van der Waals surface area contributed by atoms with Gasteiger partial charge in [0.25, 0.3) is 0 Å². The average Bonchev–Trinajstić information content (AvgIpc) is 2.44. The monoisotopic (exact) mass is 255 g/mol. The predicted molar refractivity (Wildman–Crippen MR) is 83.6 cm³/mol. The predicted octanol–water partition coefficient (Wildman–Crippen LogP) is 3.79. The zero-order valence-electron chi connectivity index (χ0n) is 11.3. The largest absolute Gasteiger partial charge is 0.397 e. The molecule has 2 aromatic carbocycles. The first kappa shape index (κ1) is 13.3.